The monoisotopic (exact) mass is 656 g/mol. The van der Waals surface area contributed by atoms with Crippen molar-refractivity contribution in [1.29, 1.82) is 0 Å². The van der Waals surface area contributed by atoms with E-state index in [0.29, 0.717) is 47.6 Å². The molecule has 6 atom stereocenters. The summed E-state index contributed by atoms with van der Waals surface area (Å²) in [5.74, 6) is 4.09. The van der Waals surface area contributed by atoms with Crippen LogP contribution < -0.4 is 10.2 Å². The maximum Gasteiger partial charge on any atom is 0.220 e. The van der Waals surface area contributed by atoms with Crippen LogP contribution in [0.25, 0.3) is 0 Å². The Labute approximate surface area is 281 Å². The molecule has 5 rings (SSSR count). The summed E-state index contributed by atoms with van der Waals surface area (Å²) in [6, 6.07) is 14.6. The summed E-state index contributed by atoms with van der Waals surface area (Å²) in [6.45, 7) is 4.66. The Balaban J connectivity index is 1.00. The quantitative estimate of drug-likeness (QED) is 0.126. The van der Waals surface area contributed by atoms with Crippen molar-refractivity contribution in [3.63, 3.8) is 0 Å². The molecule has 3 aliphatic carbocycles. The topological polar surface area (TPSA) is 72.8 Å². The number of anilines is 1. The average Bonchev–Trinajstić information content (AvgIpc) is 3.34. The number of carbonyl (C=O) groups excluding carboxylic acids is 1. The summed E-state index contributed by atoms with van der Waals surface area (Å²) in [5.41, 5.74) is 5.25. The number of aryl methyl sites for hydroxylation is 1. The summed E-state index contributed by atoms with van der Waals surface area (Å²) >= 11 is 11.9. The Morgan fingerprint density at radius 1 is 0.978 bits per heavy atom. The van der Waals surface area contributed by atoms with Crippen LogP contribution in [0.15, 0.2) is 42.5 Å². The number of carbonyl (C=O) groups is 1. The number of fused-ring (bicyclic) bond motifs is 5. The maximum absolute atomic E-state index is 12.4. The van der Waals surface area contributed by atoms with Crippen molar-refractivity contribution >= 4 is 34.8 Å². The Hall–Kier alpha value is -1.95. The normalized spacial score (nSPS) is 27.0. The van der Waals surface area contributed by atoms with E-state index >= 15 is 0 Å². The molecular formula is C38H54Cl2N2O3. The number of aromatic hydroxyl groups is 1. The summed E-state index contributed by atoms with van der Waals surface area (Å²) in [5, 5.41) is 24.3. The molecule has 248 valence electrons. The number of aliphatic hydroxyl groups excluding tert-OH is 1. The van der Waals surface area contributed by atoms with Crippen molar-refractivity contribution in [3.8, 4) is 5.75 Å². The second-order valence-corrected chi connectivity index (χ2v) is 15.0. The van der Waals surface area contributed by atoms with E-state index in [2.05, 4.69) is 47.5 Å². The van der Waals surface area contributed by atoms with E-state index in [9.17, 15) is 15.0 Å². The second kappa shape index (κ2) is 16.2. The van der Waals surface area contributed by atoms with Crippen LogP contribution >= 0.6 is 23.2 Å². The van der Waals surface area contributed by atoms with E-state index < -0.39 is 0 Å². The molecule has 1 amide bonds. The maximum atomic E-state index is 12.4. The average molecular weight is 658 g/mol. The molecule has 45 heavy (non-hydrogen) atoms. The lowest BCUT2D eigenvalue weighted by molar-refractivity contribution is -0.121. The first-order valence-corrected chi connectivity index (χ1v) is 18.6. The minimum atomic E-state index is -0.161. The number of halogens is 2. The van der Waals surface area contributed by atoms with Gasteiger partial charge in [-0.3, -0.25) is 4.79 Å². The number of hydrogen-bond acceptors (Lipinski definition) is 4. The first-order chi connectivity index (χ1) is 21.8. The fourth-order valence-electron chi connectivity index (χ4n) is 9.13. The van der Waals surface area contributed by atoms with E-state index in [0.717, 1.165) is 83.1 Å². The fourth-order valence-corrected chi connectivity index (χ4v) is 9.54. The predicted molar refractivity (Wildman–Crippen MR) is 187 cm³/mol. The smallest absolute Gasteiger partial charge is 0.220 e. The van der Waals surface area contributed by atoms with Crippen molar-refractivity contribution in [3.05, 3.63) is 59.2 Å². The number of aliphatic hydroxyl groups is 1. The molecule has 0 bridgehead atoms. The number of phenolic OH excluding ortho intramolecular Hbond substituents is 1. The number of nitrogens with zero attached hydrogens (tertiary/aromatic N) is 1. The molecule has 2 aromatic carbocycles. The second-order valence-electron chi connectivity index (χ2n) is 14.2. The zero-order valence-corrected chi connectivity index (χ0v) is 28.7. The van der Waals surface area contributed by atoms with Crippen molar-refractivity contribution in [2.24, 2.45) is 23.2 Å². The lowest BCUT2D eigenvalue weighted by atomic mass is 9.52. The lowest BCUT2D eigenvalue weighted by Gasteiger charge is -2.53. The fraction of sp³-hybridized carbons (Fsp3) is 0.658. The molecule has 0 saturated heterocycles. The Bertz CT molecular complexity index is 1230. The van der Waals surface area contributed by atoms with Crippen LogP contribution in [0.5, 0.6) is 5.75 Å². The van der Waals surface area contributed by atoms with Crippen LogP contribution in [0.2, 0.25) is 0 Å². The first kappa shape index (κ1) is 34.4. The number of hydrogen-bond donors (Lipinski definition) is 3. The van der Waals surface area contributed by atoms with Crippen molar-refractivity contribution in [2.75, 3.05) is 36.3 Å². The molecule has 0 radical (unpaired) electrons. The zero-order chi connectivity index (χ0) is 31.8. The third-order valence-corrected chi connectivity index (χ3v) is 11.9. The Morgan fingerprint density at radius 2 is 1.73 bits per heavy atom. The minimum Gasteiger partial charge on any atom is -0.508 e. The molecule has 0 unspecified atom stereocenters. The van der Waals surface area contributed by atoms with E-state index in [-0.39, 0.29) is 17.4 Å². The van der Waals surface area contributed by atoms with Gasteiger partial charge in [-0.05, 0) is 128 Å². The summed E-state index contributed by atoms with van der Waals surface area (Å²) in [4.78, 5) is 14.6. The standard InChI is InChI=1S/C38H54Cl2N2O3/c1-38-19-18-33-32-15-14-31(43)26-29(32)25-28(37(33)34(38)16-17-35(38)44)8-4-2-3-5-22-41-36(45)9-6-7-27-10-12-30(13-11-27)42(23-20-39)24-21-40/h10-15,26,28,33-35,37,43-44H,2-9,16-25H2,1H3,(H,41,45)/t28-,33-,34+,35+,37-,38+/m1/s1. The number of rotatable bonds is 16. The van der Waals surface area contributed by atoms with Crippen LogP contribution in [0.3, 0.4) is 0 Å². The number of amides is 1. The number of alkyl halides is 2. The molecule has 2 saturated carbocycles. The number of unbranched alkanes of at least 4 members (excludes halogenated alkanes) is 3. The van der Waals surface area contributed by atoms with Crippen LogP contribution in [0, 0.1) is 23.2 Å². The summed E-state index contributed by atoms with van der Waals surface area (Å²) in [7, 11) is 0. The van der Waals surface area contributed by atoms with Crippen LogP contribution in [-0.2, 0) is 17.6 Å². The SMILES string of the molecule is C[C@]12CC[C@@H]3c4ccc(O)cc4C[C@@H](CCCCCCNC(=O)CCCc4ccc(N(CCCl)CCCl)cc4)[C@H]3[C@@H]1CC[C@@H]2O. The highest BCUT2D eigenvalue weighted by Crippen LogP contribution is 2.62. The van der Waals surface area contributed by atoms with E-state index in [1.54, 1.807) is 0 Å². The molecular weight excluding hydrogens is 603 g/mol. The van der Waals surface area contributed by atoms with Gasteiger partial charge in [0.15, 0.2) is 0 Å². The van der Waals surface area contributed by atoms with Crippen LogP contribution in [0.4, 0.5) is 5.69 Å². The van der Waals surface area contributed by atoms with Crippen molar-refractivity contribution < 1.29 is 15.0 Å². The molecule has 0 heterocycles. The molecule has 0 aromatic heterocycles. The summed E-state index contributed by atoms with van der Waals surface area (Å²) < 4.78 is 0. The van der Waals surface area contributed by atoms with Crippen molar-refractivity contribution in [1.82, 2.24) is 5.32 Å². The molecule has 3 aliphatic rings. The highest BCUT2D eigenvalue weighted by atomic mass is 35.5. The first-order valence-electron chi connectivity index (χ1n) is 17.6. The third kappa shape index (κ3) is 8.32. The predicted octanol–water partition coefficient (Wildman–Crippen LogP) is 8.21. The largest absolute Gasteiger partial charge is 0.508 e. The summed E-state index contributed by atoms with van der Waals surface area (Å²) in [6.07, 6.45) is 13.3. The van der Waals surface area contributed by atoms with Gasteiger partial charge in [-0.2, -0.15) is 0 Å². The van der Waals surface area contributed by atoms with Crippen LogP contribution in [-0.4, -0.2) is 53.6 Å². The highest BCUT2D eigenvalue weighted by molar-refractivity contribution is 6.18. The van der Waals surface area contributed by atoms with Gasteiger partial charge in [-0.15, -0.1) is 23.2 Å². The highest BCUT2D eigenvalue weighted by Gasteiger charge is 2.56. The van der Waals surface area contributed by atoms with Gasteiger partial charge in [0, 0.05) is 43.5 Å². The molecule has 5 nitrogen and oxygen atoms in total. The third-order valence-electron chi connectivity index (χ3n) is 11.5. The Morgan fingerprint density at radius 3 is 2.49 bits per heavy atom. The molecule has 2 aromatic rings. The molecule has 0 spiro atoms. The van der Waals surface area contributed by atoms with Gasteiger partial charge in [-0.25, -0.2) is 0 Å². The van der Waals surface area contributed by atoms with Gasteiger partial charge in [0.2, 0.25) is 5.91 Å². The van der Waals surface area contributed by atoms with Gasteiger partial charge >= 0.3 is 0 Å². The van der Waals surface area contributed by atoms with E-state index in [1.165, 1.54) is 36.0 Å². The molecule has 3 N–H and O–H groups in total. The zero-order valence-electron chi connectivity index (χ0n) is 27.2. The lowest BCUT2D eigenvalue weighted by Crippen LogP contribution is -2.47. The molecule has 0 aliphatic heterocycles. The van der Waals surface area contributed by atoms with E-state index in [1.807, 2.05) is 12.1 Å². The van der Waals surface area contributed by atoms with Crippen molar-refractivity contribution in [2.45, 2.75) is 102 Å². The van der Waals surface area contributed by atoms with Gasteiger partial charge in [0.25, 0.3) is 0 Å². The van der Waals surface area contributed by atoms with Crippen LogP contribution in [0.1, 0.15) is 100 Å². The number of phenols is 1. The van der Waals surface area contributed by atoms with Gasteiger partial charge in [0.1, 0.15) is 5.75 Å². The van der Waals surface area contributed by atoms with E-state index in [4.69, 9.17) is 23.2 Å². The van der Waals surface area contributed by atoms with Gasteiger partial charge < -0.3 is 20.4 Å². The minimum absolute atomic E-state index is 0.0626. The van der Waals surface area contributed by atoms with Gasteiger partial charge in [0.05, 0.1) is 6.10 Å². The number of nitrogens with one attached hydrogen (secondary N) is 1. The molecule has 2 fully saturated rings. The number of benzene rings is 2. The Kier molecular flexibility index (Phi) is 12.4. The van der Waals surface area contributed by atoms with Gasteiger partial charge in [-0.1, -0.05) is 44.4 Å². The molecule has 7 heteroatoms.